The van der Waals surface area contributed by atoms with Crippen LogP contribution in [0.4, 0.5) is 14.5 Å². The van der Waals surface area contributed by atoms with Gasteiger partial charge in [0.25, 0.3) is 5.91 Å². The van der Waals surface area contributed by atoms with Crippen molar-refractivity contribution in [1.29, 1.82) is 5.26 Å². The number of ether oxygens (including phenoxy) is 1. The first-order valence-corrected chi connectivity index (χ1v) is 8.75. The van der Waals surface area contributed by atoms with Crippen LogP contribution in [0.3, 0.4) is 0 Å². The third kappa shape index (κ3) is 5.18. The number of hydrogen-bond acceptors (Lipinski definition) is 4. The zero-order chi connectivity index (χ0) is 20.8. The molecule has 0 spiro atoms. The molecular weight excluding hydrogens is 413 g/mol. The number of nitriles is 1. The smallest absolute Gasteiger partial charge is 0.340 e. The Balaban J connectivity index is 2.15. The van der Waals surface area contributed by atoms with Crippen LogP contribution in [-0.2, 0) is 9.53 Å². The topological polar surface area (TPSA) is 70.4 Å². The van der Waals surface area contributed by atoms with Gasteiger partial charge in [-0.3, -0.25) is 4.79 Å². The van der Waals surface area contributed by atoms with Gasteiger partial charge >= 0.3 is 5.97 Å². The lowest BCUT2D eigenvalue weighted by molar-refractivity contribution is -0.121. The van der Waals surface area contributed by atoms with E-state index in [1.165, 1.54) is 4.90 Å². The van der Waals surface area contributed by atoms with Gasteiger partial charge in [0.2, 0.25) is 0 Å². The minimum absolute atomic E-state index is 0.0519. The highest BCUT2D eigenvalue weighted by molar-refractivity contribution is 6.33. The second kappa shape index (κ2) is 9.49. The van der Waals surface area contributed by atoms with Crippen LogP contribution in [0.5, 0.6) is 0 Å². The zero-order valence-corrected chi connectivity index (χ0v) is 16.2. The van der Waals surface area contributed by atoms with Crippen molar-refractivity contribution < 1.29 is 23.1 Å². The summed E-state index contributed by atoms with van der Waals surface area (Å²) in [7, 11) is 0. The van der Waals surface area contributed by atoms with Gasteiger partial charge in [-0.1, -0.05) is 23.2 Å². The van der Waals surface area contributed by atoms with Crippen LogP contribution < -0.4 is 4.90 Å². The number of halogens is 4. The molecule has 0 aliphatic rings. The van der Waals surface area contributed by atoms with Crippen LogP contribution in [0.25, 0.3) is 0 Å². The van der Waals surface area contributed by atoms with Crippen molar-refractivity contribution in [2.24, 2.45) is 0 Å². The van der Waals surface area contributed by atoms with E-state index in [2.05, 4.69) is 0 Å². The summed E-state index contributed by atoms with van der Waals surface area (Å²) in [5.41, 5.74) is 0.794. The second-order valence-electron chi connectivity index (χ2n) is 5.71. The number of amides is 1. The molecule has 0 radical (unpaired) electrons. The number of carbonyl (C=O) groups is 2. The minimum Gasteiger partial charge on any atom is -0.452 e. The van der Waals surface area contributed by atoms with E-state index in [-0.39, 0.29) is 18.0 Å². The first-order valence-electron chi connectivity index (χ1n) is 7.99. The number of benzene rings is 2. The van der Waals surface area contributed by atoms with Gasteiger partial charge in [0.05, 0.1) is 23.1 Å². The fourth-order valence-corrected chi connectivity index (χ4v) is 2.66. The molecule has 0 fully saturated rings. The van der Waals surface area contributed by atoms with E-state index in [0.29, 0.717) is 22.8 Å². The van der Waals surface area contributed by atoms with E-state index in [9.17, 15) is 18.4 Å². The van der Waals surface area contributed by atoms with Crippen molar-refractivity contribution in [2.45, 2.75) is 13.3 Å². The van der Waals surface area contributed by atoms with Crippen LogP contribution in [0.15, 0.2) is 30.3 Å². The summed E-state index contributed by atoms with van der Waals surface area (Å²) in [5.74, 6) is -4.16. The number of hydrogen-bond donors (Lipinski definition) is 0. The summed E-state index contributed by atoms with van der Waals surface area (Å²) < 4.78 is 31.3. The maximum absolute atomic E-state index is 13.3. The first-order chi connectivity index (χ1) is 13.2. The van der Waals surface area contributed by atoms with Crippen LogP contribution in [0, 0.1) is 29.9 Å². The van der Waals surface area contributed by atoms with Gasteiger partial charge in [-0.25, -0.2) is 13.6 Å². The Morgan fingerprint density at radius 2 is 1.82 bits per heavy atom. The molecule has 2 aromatic rings. The maximum Gasteiger partial charge on any atom is 0.340 e. The monoisotopic (exact) mass is 426 g/mol. The van der Waals surface area contributed by atoms with Crippen LogP contribution in [0.2, 0.25) is 10.0 Å². The molecule has 28 heavy (non-hydrogen) atoms. The molecule has 0 aliphatic heterocycles. The molecule has 0 heterocycles. The fraction of sp³-hybridized carbons (Fsp3) is 0.211. The molecule has 0 aliphatic carbocycles. The summed E-state index contributed by atoms with van der Waals surface area (Å²) in [4.78, 5) is 25.9. The number of rotatable bonds is 6. The quantitative estimate of drug-likeness (QED) is 0.496. The second-order valence-corrected chi connectivity index (χ2v) is 6.52. The van der Waals surface area contributed by atoms with E-state index in [0.717, 1.165) is 5.56 Å². The molecule has 0 bridgehead atoms. The van der Waals surface area contributed by atoms with Crippen molar-refractivity contribution in [1.82, 2.24) is 0 Å². The van der Waals surface area contributed by atoms with Crippen molar-refractivity contribution in [3.63, 3.8) is 0 Å². The lowest BCUT2D eigenvalue weighted by Gasteiger charge is -2.22. The number of nitrogens with zero attached hydrogens (tertiary/aromatic N) is 2. The summed E-state index contributed by atoms with van der Waals surface area (Å²) >= 11 is 11.7. The Kier molecular flexibility index (Phi) is 7.32. The summed E-state index contributed by atoms with van der Waals surface area (Å²) in [6.07, 6.45) is 0.0519. The summed E-state index contributed by atoms with van der Waals surface area (Å²) in [6.45, 7) is 1.14. The third-order valence-electron chi connectivity index (χ3n) is 3.76. The van der Waals surface area contributed by atoms with Crippen molar-refractivity contribution >= 4 is 40.8 Å². The standard InChI is InChI=1S/C19H14Cl2F2N2O3/c1-11-7-12(3-4-14(11)20)25(6-2-5-24)18(26)10-28-19(27)13-8-16(22)17(23)9-15(13)21/h3-4,7-9H,2,6,10H2,1H3. The molecule has 0 N–H and O–H groups in total. The SMILES string of the molecule is Cc1cc(N(CCC#N)C(=O)COC(=O)c2cc(F)c(F)cc2Cl)ccc1Cl. The average Bonchev–Trinajstić information content (AvgIpc) is 2.65. The molecule has 5 nitrogen and oxygen atoms in total. The van der Waals surface area contributed by atoms with Crippen molar-refractivity contribution in [2.75, 3.05) is 18.1 Å². The molecule has 9 heteroatoms. The maximum atomic E-state index is 13.3. The highest BCUT2D eigenvalue weighted by atomic mass is 35.5. The van der Waals surface area contributed by atoms with Gasteiger partial charge in [0, 0.05) is 17.3 Å². The van der Waals surface area contributed by atoms with E-state index in [1.54, 1.807) is 25.1 Å². The number of anilines is 1. The van der Waals surface area contributed by atoms with Crippen molar-refractivity contribution in [3.8, 4) is 6.07 Å². The van der Waals surface area contributed by atoms with E-state index >= 15 is 0 Å². The van der Waals surface area contributed by atoms with Crippen molar-refractivity contribution in [3.05, 3.63) is 63.1 Å². The third-order valence-corrected chi connectivity index (χ3v) is 4.49. The Morgan fingerprint density at radius 1 is 1.14 bits per heavy atom. The van der Waals surface area contributed by atoms with Gasteiger partial charge in [-0.15, -0.1) is 0 Å². The number of aryl methyl sites for hydroxylation is 1. The Hall–Kier alpha value is -2.69. The van der Waals surface area contributed by atoms with E-state index in [4.69, 9.17) is 33.2 Å². The molecule has 0 saturated carbocycles. The molecule has 0 saturated heterocycles. The highest BCUT2D eigenvalue weighted by Crippen LogP contribution is 2.24. The predicted octanol–water partition coefficient (Wildman–Crippen LogP) is 4.68. The minimum atomic E-state index is -1.27. The Morgan fingerprint density at radius 3 is 2.46 bits per heavy atom. The van der Waals surface area contributed by atoms with Crippen LogP contribution in [0.1, 0.15) is 22.3 Å². The zero-order valence-electron chi connectivity index (χ0n) is 14.6. The first kappa shape index (κ1) is 21.6. The molecule has 2 aromatic carbocycles. The molecule has 146 valence electrons. The largest absolute Gasteiger partial charge is 0.452 e. The normalized spacial score (nSPS) is 10.3. The lowest BCUT2D eigenvalue weighted by atomic mass is 10.2. The fourth-order valence-electron chi connectivity index (χ4n) is 2.32. The summed E-state index contributed by atoms with van der Waals surface area (Å²) in [5, 5.41) is 8.98. The van der Waals surface area contributed by atoms with Gasteiger partial charge in [-0.05, 0) is 42.8 Å². The molecule has 1 amide bonds. The average molecular weight is 427 g/mol. The van der Waals surface area contributed by atoms with Crippen LogP contribution >= 0.6 is 23.2 Å². The molecule has 0 unspecified atom stereocenters. The number of carbonyl (C=O) groups excluding carboxylic acids is 2. The summed E-state index contributed by atoms with van der Waals surface area (Å²) in [6, 6.07) is 8.04. The highest BCUT2D eigenvalue weighted by Gasteiger charge is 2.21. The molecule has 0 atom stereocenters. The van der Waals surface area contributed by atoms with Gasteiger partial charge in [-0.2, -0.15) is 5.26 Å². The lowest BCUT2D eigenvalue weighted by Crippen LogP contribution is -2.35. The Bertz CT molecular complexity index is 961. The molecular formula is C19H14Cl2F2N2O3. The number of esters is 1. The molecule has 0 aromatic heterocycles. The van der Waals surface area contributed by atoms with Crippen LogP contribution in [-0.4, -0.2) is 25.0 Å². The van der Waals surface area contributed by atoms with Gasteiger partial charge in [0.1, 0.15) is 0 Å². The van der Waals surface area contributed by atoms with Gasteiger partial charge in [0.15, 0.2) is 18.2 Å². The van der Waals surface area contributed by atoms with E-state index < -0.39 is 35.7 Å². The Labute approximate surface area is 170 Å². The van der Waals surface area contributed by atoms with E-state index in [1.807, 2.05) is 6.07 Å². The predicted molar refractivity (Wildman–Crippen MR) is 100 cm³/mol. The molecule has 2 rings (SSSR count). The van der Waals surface area contributed by atoms with Gasteiger partial charge < -0.3 is 9.64 Å².